The normalized spacial score (nSPS) is 14.2. The van der Waals surface area contributed by atoms with E-state index in [0.29, 0.717) is 48.9 Å². The van der Waals surface area contributed by atoms with Gasteiger partial charge < -0.3 is 14.5 Å². The van der Waals surface area contributed by atoms with Gasteiger partial charge in [0.15, 0.2) is 0 Å². The standard InChI is InChI=1S/C20H21ClN2O3/c1-26-18-8-3-2-7-17(18)20(25)23-11-9-22(10-12-23)19(24)14-15-5-4-6-16(21)13-15/h2-8,13H,9-12,14H2,1H3. The molecule has 1 aliphatic rings. The Morgan fingerprint density at radius 1 is 1.00 bits per heavy atom. The Kier molecular flexibility index (Phi) is 5.78. The van der Waals surface area contributed by atoms with Gasteiger partial charge in [0.05, 0.1) is 19.1 Å². The summed E-state index contributed by atoms with van der Waals surface area (Å²) in [7, 11) is 1.55. The zero-order valence-corrected chi connectivity index (χ0v) is 15.4. The van der Waals surface area contributed by atoms with E-state index in [9.17, 15) is 9.59 Å². The van der Waals surface area contributed by atoms with Gasteiger partial charge in [-0.05, 0) is 29.8 Å². The minimum atomic E-state index is -0.0654. The average molecular weight is 373 g/mol. The molecule has 0 aliphatic carbocycles. The fourth-order valence-corrected chi connectivity index (χ4v) is 3.30. The Labute approximate surface area is 158 Å². The van der Waals surface area contributed by atoms with Gasteiger partial charge in [-0.15, -0.1) is 0 Å². The van der Waals surface area contributed by atoms with Crippen molar-refractivity contribution in [2.75, 3.05) is 33.3 Å². The summed E-state index contributed by atoms with van der Waals surface area (Å²) >= 11 is 5.97. The highest BCUT2D eigenvalue weighted by Crippen LogP contribution is 2.20. The molecule has 0 unspecified atom stereocenters. The van der Waals surface area contributed by atoms with Gasteiger partial charge in [-0.25, -0.2) is 0 Å². The van der Waals surface area contributed by atoms with E-state index < -0.39 is 0 Å². The van der Waals surface area contributed by atoms with Crippen LogP contribution in [0.1, 0.15) is 15.9 Å². The summed E-state index contributed by atoms with van der Waals surface area (Å²) in [5, 5.41) is 0.627. The van der Waals surface area contributed by atoms with Crippen LogP contribution in [0.3, 0.4) is 0 Å². The van der Waals surface area contributed by atoms with Gasteiger partial charge in [0.25, 0.3) is 5.91 Å². The first-order chi connectivity index (χ1) is 12.6. The van der Waals surface area contributed by atoms with E-state index >= 15 is 0 Å². The van der Waals surface area contributed by atoms with E-state index in [1.54, 1.807) is 41.2 Å². The molecule has 1 heterocycles. The number of ether oxygens (including phenoxy) is 1. The van der Waals surface area contributed by atoms with Crippen LogP contribution in [0.4, 0.5) is 0 Å². The van der Waals surface area contributed by atoms with Crippen molar-refractivity contribution in [2.24, 2.45) is 0 Å². The van der Waals surface area contributed by atoms with Crippen LogP contribution in [-0.4, -0.2) is 54.9 Å². The molecule has 2 aromatic carbocycles. The molecule has 3 rings (SSSR count). The van der Waals surface area contributed by atoms with Crippen molar-refractivity contribution in [1.82, 2.24) is 9.80 Å². The lowest BCUT2D eigenvalue weighted by atomic mass is 10.1. The highest BCUT2D eigenvalue weighted by Gasteiger charge is 2.26. The highest BCUT2D eigenvalue weighted by molar-refractivity contribution is 6.30. The number of para-hydroxylation sites is 1. The maximum Gasteiger partial charge on any atom is 0.257 e. The predicted molar refractivity (Wildman–Crippen MR) is 101 cm³/mol. The number of benzene rings is 2. The molecule has 2 amide bonds. The smallest absolute Gasteiger partial charge is 0.257 e. The van der Waals surface area contributed by atoms with Crippen LogP contribution in [-0.2, 0) is 11.2 Å². The summed E-state index contributed by atoms with van der Waals surface area (Å²) in [6.07, 6.45) is 0.320. The molecule has 136 valence electrons. The Hall–Kier alpha value is -2.53. The number of halogens is 1. The van der Waals surface area contributed by atoms with Crippen molar-refractivity contribution in [1.29, 1.82) is 0 Å². The molecule has 0 radical (unpaired) electrons. The van der Waals surface area contributed by atoms with Crippen molar-refractivity contribution in [3.63, 3.8) is 0 Å². The fraction of sp³-hybridized carbons (Fsp3) is 0.300. The largest absolute Gasteiger partial charge is 0.496 e. The second-order valence-electron chi connectivity index (χ2n) is 6.18. The van der Waals surface area contributed by atoms with Gasteiger partial charge in [0.2, 0.25) is 5.91 Å². The van der Waals surface area contributed by atoms with Crippen molar-refractivity contribution in [2.45, 2.75) is 6.42 Å². The number of rotatable bonds is 4. The first-order valence-electron chi connectivity index (χ1n) is 8.53. The minimum Gasteiger partial charge on any atom is -0.496 e. The quantitative estimate of drug-likeness (QED) is 0.829. The molecule has 0 N–H and O–H groups in total. The summed E-state index contributed by atoms with van der Waals surface area (Å²) in [6, 6.07) is 14.5. The number of nitrogens with zero attached hydrogens (tertiary/aromatic N) is 2. The molecule has 2 aromatic rings. The van der Waals surface area contributed by atoms with Crippen LogP contribution < -0.4 is 4.74 Å². The number of hydrogen-bond acceptors (Lipinski definition) is 3. The second kappa shape index (κ2) is 8.23. The number of carbonyl (C=O) groups is 2. The predicted octanol–water partition coefficient (Wildman–Crippen LogP) is 2.88. The van der Waals surface area contributed by atoms with E-state index in [-0.39, 0.29) is 11.8 Å². The first kappa shape index (κ1) is 18.3. The van der Waals surface area contributed by atoms with Gasteiger partial charge in [0, 0.05) is 31.2 Å². The summed E-state index contributed by atoms with van der Waals surface area (Å²) < 4.78 is 5.27. The molecule has 0 aromatic heterocycles. The number of hydrogen-bond donors (Lipinski definition) is 0. The first-order valence-corrected chi connectivity index (χ1v) is 8.91. The third-order valence-corrected chi connectivity index (χ3v) is 4.74. The highest BCUT2D eigenvalue weighted by atomic mass is 35.5. The third-order valence-electron chi connectivity index (χ3n) is 4.50. The molecule has 0 spiro atoms. The zero-order chi connectivity index (χ0) is 18.5. The topological polar surface area (TPSA) is 49.9 Å². The van der Waals surface area contributed by atoms with Gasteiger partial charge >= 0.3 is 0 Å². The Morgan fingerprint density at radius 2 is 1.69 bits per heavy atom. The molecule has 0 bridgehead atoms. The van der Waals surface area contributed by atoms with Crippen LogP contribution >= 0.6 is 11.6 Å². The Morgan fingerprint density at radius 3 is 2.38 bits per heavy atom. The maximum atomic E-state index is 12.7. The molecule has 0 atom stereocenters. The van der Waals surface area contributed by atoms with Crippen molar-refractivity contribution in [3.8, 4) is 5.75 Å². The molecule has 26 heavy (non-hydrogen) atoms. The van der Waals surface area contributed by atoms with E-state index in [4.69, 9.17) is 16.3 Å². The van der Waals surface area contributed by atoms with Gasteiger partial charge in [-0.2, -0.15) is 0 Å². The monoisotopic (exact) mass is 372 g/mol. The van der Waals surface area contributed by atoms with E-state index in [1.807, 2.05) is 24.3 Å². The molecule has 1 aliphatic heterocycles. The molecule has 5 nitrogen and oxygen atoms in total. The van der Waals surface area contributed by atoms with Crippen molar-refractivity contribution >= 4 is 23.4 Å². The molecule has 6 heteroatoms. The molecular formula is C20H21ClN2O3. The number of carbonyl (C=O) groups excluding carboxylic acids is 2. The van der Waals surface area contributed by atoms with Crippen LogP contribution in [0.25, 0.3) is 0 Å². The average Bonchev–Trinajstić information content (AvgIpc) is 2.67. The number of amides is 2. The second-order valence-corrected chi connectivity index (χ2v) is 6.62. The Balaban J connectivity index is 1.58. The van der Waals surface area contributed by atoms with Crippen molar-refractivity contribution in [3.05, 3.63) is 64.7 Å². The van der Waals surface area contributed by atoms with Gasteiger partial charge in [-0.1, -0.05) is 35.9 Å². The summed E-state index contributed by atoms with van der Waals surface area (Å²) in [5.41, 5.74) is 1.45. The summed E-state index contributed by atoms with van der Waals surface area (Å²) in [5.74, 6) is 0.554. The SMILES string of the molecule is COc1ccccc1C(=O)N1CCN(C(=O)Cc2cccc(Cl)c2)CC1. The van der Waals surface area contributed by atoms with Crippen LogP contribution in [0.2, 0.25) is 5.02 Å². The summed E-state index contributed by atoms with van der Waals surface area (Å²) in [4.78, 5) is 28.8. The molecular weight excluding hydrogens is 352 g/mol. The number of methoxy groups -OCH3 is 1. The van der Waals surface area contributed by atoms with Crippen LogP contribution in [0, 0.1) is 0 Å². The zero-order valence-electron chi connectivity index (χ0n) is 14.7. The van der Waals surface area contributed by atoms with Crippen LogP contribution in [0.5, 0.6) is 5.75 Å². The van der Waals surface area contributed by atoms with E-state index in [1.165, 1.54) is 0 Å². The lowest BCUT2D eigenvalue weighted by molar-refractivity contribution is -0.131. The number of piperazine rings is 1. The van der Waals surface area contributed by atoms with E-state index in [2.05, 4.69) is 0 Å². The van der Waals surface area contributed by atoms with Gasteiger partial charge in [0.1, 0.15) is 5.75 Å². The van der Waals surface area contributed by atoms with Gasteiger partial charge in [-0.3, -0.25) is 9.59 Å². The fourth-order valence-electron chi connectivity index (χ4n) is 3.08. The Bertz CT molecular complexity index is 801. The minimum absolute atomic E-state index is 0.0525. The molecule has 0 saturated carbocycles. The maximum absolute atomic E-state index is 12.7. The molecule has 1 fully saturated rings. The van der Waals surface area contributed by atoms with Crippen LogP contribution in [0.15, 0.2) is 48.5 Å². The molecule has 1 saturated heterocycles. The third kappa shape index (κ3) is 4.17. The van der Waals surface area contributed by atoms with Crippen molar-refractivity contribution < 1.29 is 14.3 Å². The summed E-state index contributed by atoms with van der Waals surface area (Å²) in [6.45, 7) is 2.08. The lowest BCUT2D eigenvalue weighted by Crippen LogP contribution is -2.51. The lowest BCUT2D eigenvalue weighted by Gasteiger charge is -2.35. The van der Waals surface area contributed by atoms with E-state index in [0.717, 1.165) is 5.56 Å².